The quantitative estimate of drug-likeness (QED) is 0.660. The van der Waals surface area contributed by atoms with Crippen LogP contribution in [0.25, 0.3) is 0 Å². The molecule has 0 spiro atoms. The van der Waals surface area contributed by atoms with Gasteiger partial charge in [-0.3, -0.25) is 14.6 Å². The molecule has 2 amide bonds. The Kier molecular flexibility index (Phi) is 1.44. The molecule has 2 fully saturated rings. The summed E-state index contributed by atoms with van der Waals surface area (Å²) in [5.41, 5.74) is 6.50. The summed E-state index contributed by atoms with van der Waals surface area (Å²) in [5.74, 6) is -0.430. The number of hydrogen-bond acceptors (Lipinski definition) is 4. The molecule has 1 aromatic heterocycles. The lowest BCUT2D eigenvalue weighted by Gasteiger charge is -2.17. The number of hydrogen-bond donors (Lipinski definition) is 1. The normalized spacial score (nSPS) is 28.1. The van der Waals surface area contributed by atoms with Crippen LogP contribution < -0.4 is 10.6 Å². The Hall–Kier alpha value is -1.91. The summed E-state index contributed by atoms with van der Waals surface area (Å²) in [6, 6.07) is 1.59. The molecule has 1 aliphatic carbocycles. The monoisotopic (exact) mass is 203 g/mol. The smallest absolute Gasteiger partial charge is 0.237 e. The second-order valence-electron chi connectivity index (χ2n) is 3.90. The summed E-state index contributed by atoms with van der Waals surface area (Å²) in [4.78, 5) is 28.5. The summed E-state index contributed by atoms with van der Waals surface area (Å²) in [6.45, 7) is 0. The topological polar surface area (TPSA) is 76.3 Å². The number of nitrogens with zero attached hydrogens (tertiary/aromatic N) is 2. The number of carbonyl (C=O) groups is 2. The molecule has 5 nitrogen and oxygen atoms in total. The molecule has 1 saturated heterocycles. The number of pyridine rings is 1. The van der Waals surface area contributed by atoms with E-state index in [0.717, 1.165) is 0 Å². The molecule has 76 valence electrons. The van der Waals surface area contributed by atoms with Gasteiger partial charge in [0.2, 0.25) is 11.8 Å². The third-order valence-corrected chi connectivity index (χ3v) is 2.93. The lowest BCUT2D eigenvalue weighted by Crippen LogP contribution is -2.33. The van der Waals surface area contributed by atoms with E-state index in [-0.39, 0.29) is 23.7 Å². The molecule has 1 aromatic rings. The number of rotatable bonds is 1. The lowest BCUT2D eigenvalue weighted by molar-refractivity contribution is -0.123. The van der Waals surface area contributed by atoms with Crippen molar-refractivity contribution >= 4 is 23.2 Å². The molecule has 0 aromatic carbocycles. The van der Waals surface area contributed by atoms with Crippen LogP contribution in [0.2, 0.25) is 0 Å². The molecule has 2 unspecified atom stereocenters. The van der Waals surface area contributed by atoms with Gasteiger partial charge in [0.15, 0.2) is 0 Å². The van der Waals surface area contributed by atoms with Gasteiger partial charge in [-0.25, -0.2) is 4.90 Å². The second kappa shape index (κ2) is 2.56. The van der Waals surface area contributed by atoms with Crippen LogP contribution in [-0.4, -0.2) is 16.8 Å². The Morgan fingerprint density at radius 3 is 2.60 bits per heavy atom. The van der Waals surface area contributed by atoms with Crippen molar-refractivity contribution in [3.63, 3.8) is 0 Å². The number of fused-ring (bicyclic) bond motifs is 1. The summed E-state index contributed by atoms with van der Waals surface area (Å²) in [6.07, 6.45) is 3.68. The first-order valence-electron chi connectivity index (χ1n) is 4.77. The van der Waals surface area contributed by atoms with Crippen LogP contribution in [0.5, 0.6) is 0 Å². The van der Waals surface area contributed by atoms with Crippen LogP contribution in [0, 0.1) is 11.8 Å². The second-order valence-corrected chi connectivity index (χ2v) is 3.90. The van der Waals surface area contributed by atoms with E-state index in [1.807, 2.05) is 0 Å². The van der Waals surface area contributed by atoms with Gasteiger partial charge in [0, 0.05) is 6.20 Å². The minimum absolute atomic E-state index is 0.0925. The van der Waals surface area contributed by atoms with E-state index in [0.29, 0.717) is 17.8 Å². The largest absolute Gasteiger partial charge is 0.396 e. The van der Waals surface area contributed by atoms with Crippen molar-refractivity contribution in [2.45, 2.75) is 6.42 Å². The van der Waals surface area contributed by atoms with Gasteiger partial charge < -0.3 is 5.73 Å². The van der Waals surface area contributed by atoms with Gasteiger partial charge in [-0.2, -0.15) is 0 Å². The van der Waals surface area contributed by atoms with E-state index in [4.69, 9.17) is 5.73 Å². The highest BCUT2D eigenvalue weighted by Crippen LogP contribution is 2.48. The Morgan fingerprint density at radius 2 is 2.00 bits per heavy atom. The van der Waals surface area contributed by atoms with E-state index >= 15 is 0 Å². The fourth-order valence-electron chi connectivity index (χ4n) is 2.02. The maximum Gasteiger partial charge on any atom is 0.237 e. The highest BCUT2D eigenvalue weighted by molar-refractivity contribution is 6.25. The molecule has 2 aliphatic rings. The Morgan fingerprint density at radius 1 is 1.33 bits per heavy atom. The maximum atomic E-state index is 11.7. The number of amides is 2. The summed E-state index contributed by atoms with van der Waals surface area (Å²) >= 11 is 0. The first-order valence-corrected chi connectivity index (χ1v) is 4.77. The third-order valence-electron chi connectivity index (χ3n) is 2.93. The van der Waals surface area contributed by atoms with Crippen LogP contribution in [0.3, 0.4) is 0 Å². The molecular formula is C10H9N3O2. The van der Waals surface area contributed by atoms with Crippen LogP contribution in [0.15, 0.2) is 18.5 Å². The van der Waals surface area contributed by atoms with Crippen LogP contribution in [0.4, 0.5) is 11.4 Å². The highest BCUT2D eigenvalue weighted by atomic mass is 16.2. The first kappa shape index (κ1) is 8.40. The number of piperidine rings is 1. The molecule has 1 aliphatic heterocycles. The Labute approximate surface area is 85.9 Å². The van der Waals surface area contributed by atoms with E-state index in [9.17, 15) is 9.59 Å². The Balaban J connectivity index is 2.05. The standard InChI is InChI=1S/C10H9N3O2/c11-7-4-12-2-1-8(7)13-9(14)5-3-6(5)10(13)15/h1-2,4-6H,3,11H2. The fourth-order valence-corrected chi connectivity index (χ4v) is 2.02. The minimum atomic E-state index is -0.122. The first-order chi connectivity index (χ1) is 7.20. The predicted octanol–water partition coefficient (Wildman–Crippen LogP) is 0.173. The molecular weight excluding hydrogens is 194 g/mol. The van der Waals surface area contributed by atoms with E-state index in [1.165, 1.54) is 17.3 Å². The molecule has 0 radical (unpaired) electrons. The zero-order valence-electron chi connectivity index (χ0n) is 7.88. The molecule has 5 heteroatoms. The number of nitrogens with two attached hydrogens (primary N) is 1. The van der Waals surface area contributed by atoms with Crippen LogP contribution in [0.1, 0.15) is 6.42 Å². The molecule has 15 heavy (non-hydrogen) atoms. The summed E-state index contributed by atoms with van der Waals surface area (Å²) in [7, 11) is 0. The number of aromatic nitrogens is 1. The zero-order chi connectivity index (χ0) is 10.6. The van der Waals surface area contributed by atoms with E-state index in [2.05, 4.69) is 4.98 Å². The van der Waals surface area contributed by atoms with Gasteiger partial charge in [0.25, 0.3) is 0 Å². The van der Waals surface area contributed by atoms with Crippen molar-refractivity contribution in [1.82, 2.24) is 4.98 Å². The van der Waals surface area contributed by atoms with Crippen LogP contribution >= 0.6 is 0 Å². The van der Waals surface area contributed by atoms with Crippen molar-refractivity contribution in [1.29, 1.82) is 0 Å². The molecule has 2 heterocycles. The van der Waals surface area contributed by atoms with Gasteiger partial charge in [-0.1, -0.05) is 0 Å². The van der Waals surface area contributed by atoms with Gasteiger partial charge >= 0.3 is 0 Å². The maximum absolute atomic E-state index is 11.7. The third kappa shape index (κ3) is 1.000. The van der Waals surface area contributed by atoms with Crippen molar-refractivity contribution in [3.05, 3.63) is 18.5 Å². The van der Waals surface area contributed by atoms with E-state index in [1.54, 1.807) is 6.07 Å². The fraction of sp³-hybridized carbons (Fsp3) is 0.300. The van der Waals surface area contributed by atoms with Crippen molar-refractivity contribution in [3.8, 4) is 0 Å². The Bertz CT molecular complexity index is 451. The van der Waals surface area contributed by atoms with Crippen molar-refractivity contribution < 1.29 is 9.59 Å². The van der Waals surface area contributed by atoms with Gasteiger partial charge in [0.1, 0.15) is 0 Å². The van der Waals surface area contributed by atoms with Gasteiger partial charge in [-0.15, -0.1) is 0 Å². The number of carbonyl (C=O) groups excluding carboxylic acids is 2. The average Bonchev–Trinajstić information content (AvgIpc) is 2.96. The van der Waals surface area contributed by atoms with Crippen molar-refractivity contribution in [2.24, 2.45) is 11.8 Å². The average molecular weight is 203 g/mol. The molecule has 1 saturated carbocycles. The lowest BCUT2D eigenvalue weighted by atomic mass is 10.3. The minimum Gasteiger partial charge on any atom is -0.396 e. The highest BCUT2D eigenvalue weighted by Gasteiger charge is 2.59. The van der Waals surface area contributed by atoms with E-state index < -0.39 is 0 Å². The van der Waals surface area contributed by atoms with Gasteiger partial charge in [-0.05, 0) is 12.5 Å². The van der Waals surface area contributed by atoms with Crippen molar-refractivity contribution in [2.75, 3.05) is 10.6 Å². The number of nitrogen functional groups attached to an aromatic ring is 1. The number of imide groups is 1. The molecule has 3 rings (SSSR count). The van der Waals surface area contributed by atoms with Crippen LogP contribution in [-0.2, 0) is 9.59 Å². The molecule has 2 atom stereocenters. The molecule has 2 N–H and O–H groups in total. The summed E-state index contributed by atoms with van der Waals surface area (Å²) < 4.78 is 0. The summed E-state index contributed by atoms with van der Waals surface area (Å²) in [5, 5.41) is 0. The SMILES string of the molecule is Nc1cnccc1N1C(=O)C2CC2C1=O. The molecule has 0 bridgehead atoms. The number of anilines is 2. The predicted molar refractivity (Wildman–Crippen MR) is 52.7 cm³/mol. The zero-order valence-corrected chi connectivity index (χ0v) is 7.88. The van der Waals surface area contributed by atoms with Gasteiger partial charge in [0.05, 0.1) is 29.4 Å².